The number of nitrogen functional groups attached to an aromatic ring is 1. The van der Waals surface area contributed by atoms with Gasteiger partial charge in [-0.05, 0) is 12.8 Å². The summed E-state index contributed by atoms with van der Waals surface area (Å²) in [4.78, 5) is 8.38. The number of anilines is 1. The first-order valence-electron chi connectivity index (χ1n) is 4.31. The van der Waals surface area contributed by atoms with Crippen LogP contribution >= 0.6 is 0 Å². The monoisotopic (exact) mass is 175 g/mol. The molecule has 2 aromatic heterocycles. The third-order valence-corrected chi connectivity index (χ3v) is 2.17. The Kier molecular flexibility index (Phi) is 1.15. The van der Waals surface area contributed by atoms with Crippen LogP contribution in [0.5, 0.6) is 0 Å². The third kappa shape index (κ3) is 1.04. The molecule has 0 atom stereocenters. The van der Waals surface area contributed by atoms with Crippen LogP contribution in [-0.2, 0) is 0 Å². The van der Waals surface area contributed by atoms with E-state index in [9.17, 15) is 0 Å². The van der Waals surface area contributed by atoms with Crippen molar-refractivity contribution in [3.05, 3.63) is 18.2 Å². The third-order valence-electron chi connectivity index (χ3n) is 2.17. The van der Waals surface area contributed by atoms with Crippen molar-refractivity contribution >= 4 is 11.5 Å². The van der Waals surface area contributed by atoms with E-state index in [0.29, 0.717) is 17.4 Å². The van der Waals surface area contributed by atoms with Gasteiger partial charge < -0.3 is 5.73 Å². The highest BCUT2D eigenvalue weighted by Gasteiger charge is 2.28. The SMILES string of the molecule is Nc1cnc2nc(C3CC3)nn2c1. The normalized spacial score (nSPS) is 16.6. The molecule has 2 N–H and O–H groups in total. The zero-order chi connectivity index (χ0) is 8.84. The van der Waals surface area contributed by atoms with Crippen LogP contribution in [0.15, 0.2) is 12.4 Å². The van der Waals surface area contributed by atoms with Crippen molar-refractivity contribution in [2.24, 2.45) is 0 Å². The average molecular weight is 175 g/mol. The van der Waals surface area contributed by atoms with Crippen LogP contribution in [0, 0.1) is 0 Å². The van der Waals surface area contributed by atoms with Crippen molar-refractivity contribution in [1.82, 2.24) is 19.6 Å². The molecule has 1 aliphatic carbocycles. The molecule has 0 unspecified atom stereocenters. The summed E-state index contributed by atoms with van der Waals surface area (Å²) in [7, 11) is 0. The first-order valence-corrected chi connectivity index (χ1v) is 4.31. The average Bonchev–Trinajstić information content (AvgIpc) is 2.87. The van der Waals surface area contributed by atoms with Gasteiger partial charge in [0.2, 0.25) is 0 Å². The van der Waals surface area contributed by atoms with E-state index in [1.807, 2.05) is 0 Å². The number of fused-ring (bicyclic) bond motifs is 1. The van der Waals surface area contributed by atoms with Gasteiger partial charge in [-0.15, -0.1) is 5.10 Å². The summed E-state index contributed by atoms with van der Waals surface area (Å²) in [5.41, 5.74) is 6.18. The lowest BCUT2D eigenvalue weighted by molar-refractivity contribution is 0.874. The first-order chi connectivity index (χ1) is 6.33. The van der Waals surface area contributed by atoms with Crippen molar-refractivity contribution in [3.63, 3.8) is 0 Å². The largest absolute Gasteiger partial charge is 0.396 e. The first kappa shape index (κ1) is 6.82. The van der Waals surface area contributed by atoms with E-state index in [1.54, 1.807) is 16.9 Å². The lowest BCUT2D eigenvalue weighted by atomic mass is 10.4. The Morgan fingerprint density at radius 1 is 1.46 bits per heavy atom. The Morgan fingerprint density at radius 2 is 2.31 bits per heavy atom. The fourth-order valence-corrected chi connectivity index (χ4v) is 1.33. The van der Waals surface area contributed by atoms with Crippen molar-refractivity contribution in [1.29, 1.82) is 0 Å². The van der Waals surface area contributed by atoms with Gasteiger partial charge in [-0.1, -0.05) is 0 Å². The highest BCUT2D eigenvalue weighted by atomic mass is 15.3. The maximum Gasteiger partial charge on any atom is 0.252 e. The molecule has 0 spiro atoms. The number of rotatable bonds is 1. The second-order valence-electron chi connectivity index (χ2n) is 3.38. The summed E-state index contributed by atoms with van der Waals surface area (Å²) < 4.78 is 1.64. The van der Waals surface area contributed by atoms with Gasteiger partial charge >= 0.3 is 0 Å². The number of hydrogen-bond donors (Lipinski definition) is 1. The van der Waals surface area contributed by atoms with Gasteiger partial charge in [-0.3, -0.25) is 0 Å². The van der Waals surface area contributed by atoms with Crippen molar-refractivity contribution in [2.75, 3.05) is 5.73 Å². The molecule has 0 saturated heterocycles. The van der Waals surface area contributed by atoms with Gasteiger partial charge in [0.25, 0.3) is 5.78 Å². The quantitative estimate of drug-likeness (QED) is 0.688. The van der Waals surface area contributed by atoms with Gasteiger partial charge in [-0.25, -0.2) is 9.50 Å². The zero-order valence-electron chi connectivity index (χ0n) is 7.01. The van der Waals surface area contributed by atoms with Crippen molar-refractivity contribution in [2.45, 2.75) is 18.8 Å². The van der Waals surface area contributed by atoms with Crippen LogP contribution in [0.4, 0.5) is 5.69 Å². The van der Waals surface area contributed by atoms with E-state index in [2.05, 4.69) is 15.1 Å². The molecule has 1 fully saturated rings. The molecule has 0 aromatic carbocycles. The Morgan fingerprint density at radius 3 is 3.08 bits per heavy atom. The van der Waals surface area contributed by atoms with Gasteiger partial charge in [-0.2, -0.15) is 4.98 Å². The lowest BCUT2D eigenvalue weighted by Crippen LogP contribution is -1.94. The van der Waals surface area contributed by atoms with Gasteiger partial charge in [0.15, 0.2) is 5.82 Å². The second kappa shape index (κ2) is 2.18. The summed E-state index contributed by atoms with van der Waals surface area (Å²) in [6.07, 6.45) is 5.74. The Labute approximate surface area is 74.6 Å². The fourth-order valence-electron chi connectivity index (χ4n) is 1.33. The summed E-state index contributed by atoms with van der Waals surface area (Å²) >= 11 is 0. The molecule has 1 saturated carbocycles. The van der Waals surface area contributed by atoms with E-state index in [0.717, 1.165) is 5.82 Å². The predicted molar refractivity (Wildman–Crippen MR) is 47.2 cm³/mol. The Balaban J connectivity index is 2.20. The Bertz CT molecular complexity index is 457. The summed E-state index contributed by atoms with van der Waals surface area (Å²) in [6.45, 7) is 0. The van der Waals surface area contributed by atoms with Crippen LogP contribution in [0.3, 0.4) is 0 Å². The highest BCUT2D eigenvalue weighted by molar-refractivity contribution is 5.38. The molecular formula is C8H9N5. The predicted octanol–water partition coefficient (Wildman–Crippen LogP) is 0.584. The number of nitrogens with two attached hydrogens (primary N) is 1. The molecule has 13 heavy (non-hydrogen) atoms. The molecule has 0 amide bonds. The van der Waals surface area contributed by atoms with Crippen LogP contribution in [0.2, 0.25) is 0 Å². The summed E-state index contributed by atoms with van der Waals surface area (Å²) in [5.74, 6) is 2.09. The molecule has 0 radical (unpaired) electrons. The van der Waals surface area contributed by atoms with Crippen molar-refractivity contribution < 1.29 is 0 Å². The van der Waals surface area contributed by atoms with Gasteiger partial charge in [0, 0.05) is 5.92 Å². The van der Waals surface area contributed by atoms with Crippen LogP contribution in [-0.4, -0.2) is 19.6 Å². The maximum atomic E-state index is 5.57. The maximum absolute atomic E-state index is 5.57. The molecule has 2 aromatic rings. The standard InChI is InChI=1S/C8H9N5/c9-6-3-10-8-11-7(5-1-2-5)12-13(8)4-6/h3-5H,1-2,9H2. The molecule has 5 heteroatoms. The van der Waals surface area contributed by atoms with E-state index >= 15 is 0 Å². The molecule has 0 bridgehead atoms. The van der Waals surface area contributed by atoms with E-state index in [-0.39, 0.29) is 0 Å². The minimum atomic E-state index is 0.558. The number of hydrogen-bond acceptors (Lipinski definition) is 4. The molecule has 3 rings (SSSR count). The molecule has 0 aliphatic heterocycles. The van der Waals surface area contributed by atoms with Crippen LogP contribution in [0.25, 0.3) is 5.78 Å². The summed E-state index contributed by atoms with van der Waals surface area (Å²) in [6, 6.07) is 0. The molecule has 1 aliphatic rings. The van der Waals surface area contributed by atoms with E-state index < -0.39 is 0 Å². The smallest absolute Gasteiger partial charge is 0.252 e. The van der Waals surface area contributed by atoms with Gasteiger partial charge in [0.05, 0.1) is 18.1 Å². The van der Waals surface area contributed by atoms with Crippen LogP contribution in [0.1, 0.15) is 24.6 Å². The minimum absolute atomic E-state index is 0.558. The molecule has 5 nitrogen and oxygen atoms in total. The van der Waals surface area contributed by atoms with E-state index in [1.165, 1.54) is 12.8 Å². The van der Waals surface area contributed by atoms with E-state index in [4.69, 9.17) is 5.73 Å². The topological polar surface area (TPSA) is 69.1 Å². The Hall–Kier alpha value is -1.65. The van der Waals surface area contributed by atoms with Crippen LogP contribution < -0.4 is 5.73 Å². The highest BCUT2D eigenvalue weighted by Crippen LogP contribution is 2.37. The van der Waals surface area contributed by atoms with Crippen molar-refractivity contribution in [3.8, 4) is 0 Å². The second-order valence-corrected chi connectivity index (χ2v) is 3.38. The molecule has 66 valence electrons. The lowest BCUT2D eigenvalue weighted by Gasteiger charge is -1.90. The summed E-state index contributed by atoms with van der Waals surface area (Å²) in [5, 5.41) is 4.30. The number of nitrogens with zero attached hydrogens (tertiary/aromatic N) is 4. The molecule has 2 heterocycles. The minimum Gasteiger partial charge on any atom is -0.396 e. The fraction of sp³-hybridized carbons (Fsp3) is 0.375. The van der Waals surface area contributed by atoms with Gasteiger partial charge in [0.1, 0.15) is 0 Å². The molecular weight excluding hydrogens is 166 g/mol. The number of aromatic nitrogens is 4. The zero-order valence-corrected chi connectivity index (χ0v) is 7.01.